The van der Waals surface area contributed by atoms with Crippen LogP contribution in [0.1, 0.15) is 34.3 Å². The maximum Gasteiger partial charge on any atom is 0.253 e. The highest BCUT2D eigenvalue weighted by molar-refractivity contribution is 5.97. The van der Waals surface area contributed by atoms with Crippen LogP contribution in [0.5, 0.6) is 0 Å². The van der Waals surface area contributed by atoms with Crippen molar-refractivity contribution < 1.29 is 9.59 Å². The van der Waals surface area contributed by atoms with Crippen LogP contribution in [0.2, 0.25) is 0 Å². The fraction of sp³-hybridized carbons (Fsp3) is 0.304. The Balaban J connectivity index is 1.45. The molecule has 28 heavy (non-hydrogen) atoms. The van der Waals surface area contributed by atoms with Gasteiger partial charge < -0.3 is 15.2 Å². The van der Waals surface area contributed by atoms with Gasteiger partial charge in [-0.15, -0.1) is 0 Å². The van der Waals surface area contributed by atoms with Crippen molar-refractivity contribution in [2.24, 2.45) is 5.92 Å². The molecule has 3 aromatic rings. The van der Waals surface area contributed by atoms with Gasteiger partial charge in [0.2, 0.25) is 5.91 Å². The second kappa shape index (κ2) is 7.50. The van der Waals surface area contributed by atoms with Crippen molar-refractivity contribution in [1.29, 1.82) is 0 Å². The van der Waals surface area contributed by atoms with Crippen LogP contribution in [-0.2, 0) is 4.79 Å². The molecule has 2 heterocycles. The molecule has 2 N–H and O–H groups in total. The summed E-state index contributed by atoms with van der Waals surface area (Å²) in [5.74, 6) is -0.198. The normalized spacial score (nSPS) is 16.9. The number of aromatic nitrogens is 1. The van der Waals surface area contributed by atoms with Crippen molar-refractivity contribution in [3.05, 3.63) is 65.4 Å². The standard InChI is InChI=1S/C23H25N3O2/c1-15-10-16(2)12-19(11-15)23(28)26-9-3-4-18(14-26)22(27)25-20-5-6-21-17(13-20)7-8-24-21/h5-8,10-13,18,24H,3-4,9,14H2,1-2H3,(H,25,27). The van der Waals surface area contributed by atoms with Crippen LogP contribution in [0.4, 0.5) is 5.69 Å². The zero-order valence-corrected chi connectivity index (χ0v) is 16.3. The van der Waals surface area contributed by atoms with E-state index >= 15 is 0 Å². The average molecular weight is 375 g/mol. The van der Waals surface area contributed by atoms with Crippen molar-refractivity contribution in [1.82, 2.24) is 9.88 Å². The monoisotopic (exact) mass is 375 g/mol. The highest BCUT2D eigenvalue weighted by Gasteiger charge is 2.29. The Morgan fingerprint density at radius 3 is 2.64 bits per heavy atom. The quantitative estimate of drug-likeness (QED) is 0.718. The molecular formula is C23H25N3O2. The van der Waals surface area contributed by atoms with Gasteiger partial charge in [0.25, 0.3) is 5.91 Å². The minimum atomic E-state index is -0.189. The lowest BCUT2D eigenvalue weighted by atomic mass is 9.96. The predicted octanol–water partition coefficient (Wildman–Crippen LogP) is 4.28. The van der Waals surface area contributed by atoms with E-state index in [1.54, 1.807) is 0 Å². The van der Waals surface area contributed by atoms with E-state index in [-0.39, 0.29) is 17.7 Å². The van der Waals surface area contributed by atoms with Gasteiger partial charge in [-0.1, -0.05) is 17.2 Å². The molecule has 1 aromatic heterocycles. The zero-order chi connectivity index (χ0) is 19.7. The minimum absolute atomic E-state index is 0.0121. The Hall–Kier alpha value is -3.08. The van der Waals surface area contributed by atoms with Gasteiger partial charge in [-0.3, -0.25) is 9.59 Å². The molecule has 4 rings (SSSR count). The summed E-state index contributed by atoms with van der Waals surface area (Å²) < 4.78 is 0. The van der Waals surface area contributed by atoms with Crippen LogP contribution in [0.15, 0.2) is 48.7 Å². The van der Waals surface area contributed by atoms with Crippen molar-refractivity contribution in [2.75, 3.05) is 18.4 Å². The number of likely N-dealkylation sites (tertiary alicyclic amines) is 1. The number of aromatic amines is 1. The third-order valence-electron chi connectivity index (χ3n) is 5.37. The molecule has 0 bridgehead atoms. The van der Waals surface area contributed by atoms with Crippen LogP contribution in [0, 0.1) is 19.8 Å². The molecule has 1 fully saturated rings. The van der Waals surface area contributed by atoms with Gasteiger partial charge in [0.15, 0.2) is 0 Å². The van der Waals surface area contributed by atoms with E-state index in [9.17, 15) is 9.59 Å². The van der Waals surface area contributed by atoms with Gasteiger partial charge in [-0.25, -0.2) is 0 Å². The summed E-state index contributed by atoms with van der Waals surface area (Å²) in [4.78, 5) is 30.7. The number of carbonyl (C=O) groups is 2. The third kappa shape index (κ3) is 3.79. The lowest BCUT2D eigenvalue weighted by molar-refractivity contribution is -0.121. The van der Waals surface area contributed by atoms with Crippen molar-refractivity contribution in [2.45, 2.75) is 26.7 Å². The first-order valence-corrected chi connectivity index (χ1v) is 9.75. The fourth-order valence-electron chi connectivity index (χ4n) is 4.03. The van der Waals surface area contributed by atoms with E-state index < -0.39 is 0 Å². The van der Waals surface area contributed by atoms with Gasteiger partial charge in [-0.05, 0) is 63.1 Å². The first kappa shape index (κ1) is 18.3. The highest BCUT2D eigenvalue weighted by atomic mass is 16.2. The van der Waals surface area contributed by atoms with E-state index in [2.05, 4.69) is 16.4 Å². The molecule has 1 atom stereocenters. The highest BCUT2D eigenvalue weighted by Crippen LogP contribution is 2.23. The minimum Gasteiger partial charge on any atom is -0.361 e. The van der Waals surface area contributed by atoms with Gasteiger partial charge in [-0.2, -0.15) is 0 Å². The van der Waals surface area contributed by atoms with E-state index in [4.69, 9.17) is 0 Å². The number of fused-ring (bicyclic) bond motifs is 1. The van der Waals surface area contributed by atoms with Gasteiger partial charge in [0, 0.05) is 41.4 Å². The fourth-order valence-corrected chi connectivity index (χ4v) is 4.03. The number of carbonyl (C=O) groups excluding carboxylic acids is 2. The number of anilines is 1. The Morgan fingerprint density at radius 1 is 1.07 bits per heavy atom. The molecule has 1 unspecified atom stereocenters. The third-order valence-corrected chi connectivity index (χ3v) is 5.37. The molecule has 0 radical (unpaired) electrons. The molecule has 5 heteroatoms. The maximum absolute atomic E-state index is 12.9. The number of hydrogen-bond acceptors (Lipinski definition) is 2. The Labute approximate surface area is 164 Å². The van der Waals surface area contributed by atoms with Crippen LogP contribution in [-0.4, -0.2) is 34.8 Å². The van der Waals surface area contributed by atoms with Gasteiger partial charge in [0.1, 0.15) is 0 Å². The summed E-state index contributed by atoms with van der Waals surface area (Å²) in [6, 6.07) is 13.7. The summed E-state index contributed by atoms with van der Waals surface area (Å²) in [5, 5.41) is 4.08. The zero-order valence-electron chi connectivity index (χ0n) is 16.3. The lowest BCUT2D eigenvalue weighted by Crippen LogP contribution is -2.43. The molecule has 144 valence electrons. The van der Waals surface area contributed by atoms with Crippen LogP contribution >= 0.6 is 0 Å². The summed E-state index contributed by atoms with van der Waals surface area (Å²) in [7, 11) is 0. The number of amides is 2. The topological polar surface area (TPSA) is 65.2 Å². The predicted molar refractivity (Wildman–Crippen MR) is 111 cm³/mol. The van der Waals surface area contributed by atoms with Crippen LogP contribution in [0.3, 0.4) is 0 Å². The summed E-state index contributed by atoms with van der Waals surface area (Å²) in [6.45, 7) is 5.16. The van der Waals surface area contributed by atoms with Crippen molar-refractivity contribution in [3.63, 3.8) is 0 Å². The van der Waals surface area contributed by atoms with Crippen molar-refractivity contribution >= 4 is 28.4 Å². The molecule has 1 saturated heterocycles. The number of rotatable bonds is 3. The first-order chi connectivity index (χ1) is 13.5. The number of hydrogen-bond donors (Lipinski definition) is 2. The van der Waals surface area contributed by atoms with E-state index in [1.807, 2.05) is 61.3 Å². The molecule has 0 spiro atoms. The van der Waals surface area contributed by atoms with Gasteiger partial charge >= 0.3 is 0 Å². The second-order valence-electron chi connectivity index (χ2n) is 7.74. The molecule has 0 aliphatic carbocycles. The Kier molecular flexibility index (Phi) is 4.90. The molecule has 1 aliphatic heterocycles. The summed E-state index contributed by atoms with van der Waals surface area (Å²) >= 11 is 0. The SMILES string of the molecule is Cc1cc(C)cc(C(=O)N2CCCC(C(=O)Nc3ccc4[nH]ccc4c3)C2)c1. The van der Waals surface area contributed by atoms with Gasteiger partial charge in [0.05, 0.1) is 5.92 Å². The van der Waals surface area contributed by atoms with Crippen molar-refractivity contribution in [3.8, 4) is 0 Å². The Bertz CT molecular complexity index is 1020. The molecule has 2 amide bonds. The lowest BCUT2D eigenvalue weighted by Gasteiger charge is -2.32. The van der Waals surface area contributed by atoms with E-state index in [1.165, 1.54) is 0 Å². The van der Waals surface area contributed by atoms with Crippen LogP contribution in [0.25, 0.3) is 10.9 Å². The Morgan fingerprint density at radius 2 is 1.86 bits per heavy atom. The number of benzene rings is 2. The molecule has 1 aliphatic rings. The van der Waals surface area contributed by atoms with E-state index in [0.717, 1.165) is 40.6 Å². The summed E-state index contributed by atoms with van der Waals surface area (Å²) in [6.07, 6.45) is 3.52. The number of piperidine rings is 1. The molecular weight excluding hydrogens is 350 g/mol. The number of aryl methyl sites for hydroxylation is 2. The number of H-pyrrole nitrogens is 1. The number of nitrogens with one attached hydrogen (secondary N) is 2. The van der Waals surface area contributed by atoms with E-state index in [0.29, 0.717) is 18.7 Å². The smallest absolute Gasteiger partial charge is 0.253 e. The molecule has 5 nitrogen and oxygen atoms in total. The van der Waals surface area contributed by atoms with Crippen LogP contribution < -0.4 is 5.32 Å². The second-order valence-corrected chi connectivity index (χ2v) is 7.74. The number of nitrogens with zero attached hydrogens (tertiary/aromatic N) is 1. The molecule has 2 aromatic carbocycles. The first-order valence-electron chi connectivity index (χ1n) is 9.75. The summed E-state index contributed by atoms with van der Waals surface area (Å²) in [5.41, 5.74) is 4.69. The molecule has 0 saturated carbocycles. The maximum atomic E-state index is 12.9. The largest absolute Gasteiger partial charge is 0.361 e. The average Bonchev–Trinajstić information content (AvgIpc) is 3.14.